The molecule has 22 heavy (non-hydrogen) atoms. The summed E-state index contributed by atoms with van der Waals surface area (Å²) in [6.45, 7) is 3.71. The zero-order valence-electron chi connectivity index (χ0n) is 12.7. The Morgan fingerprint density at radius 2 is 1.91 bits per heavy atom. The third kappa shape index (κ3) is 4.24. The first kappa shape index (κ1) is 16.8. The average molecular weight is 322 g/mol. The minimum atomic E-state index is -1.03. The van der Waals surface area contributed by atoms with Crippen LogP contribution in [0.5, 0.6) is 0 Å². The summed E-state index contributed by atoms with van der Waals surface area (Å²) in [6, 6.07) is 9.23. The summed E-state index contributed by atoms with van der Waals surface area (Å²) < 4.78 is -0.704. The first-order chi connectivity index (χ1) is 10.4. The second kappa shape index (κ2) is 7.15. The molecule has 0 bridgehead atoms. The van der Waals surface area contributed by atoms with E-state index in [1.54, 1.807) is 0 Å². The van der Waals surface area contributed by atoms with Gasteiger partial charge in [-0.3, -0.25) is 9.69 Å². The summed E-state index contributed by atoms with van der Waals surface area (Å²) in [5.41, 5.74) is 1.24. The molecule has 1 heterocycles. The van der Waals surface area contributed by atoms with E-state index in [1.165, 1.54) is 12.5 Å². The SMILES string of the molecule is CC(=O)N[C@@H](C(=O)O)C1(S)CCN(Cc2ccccc2)CC1. The van der Waals surface area contributed by atoms with E-state index in [1.807, 2.05) is 18.2 Å². The van der Waals surface area contributed by atoms with Crippen LogP contribution in [0, 0.1) is 0 Å². The van der Waals surface area contributed by atoms with Gasteiger partial charge in [0.25, 0.3) is 0 Å². The third-order valence-electron chi connectivity index (χ3n) is 4.10. The summed E-state index contributed by atoms with van der Waals surface area (Å²) in [5.74, 6) is -1.37. The van der Waals surface area contributed by atoms with Crippen LogP contribution in [0.1, 0.15) is 25.3 Å². The zero-order chi connectivity index (χ0) is 16.2. The topological polar surface area (TPSA) is 69.6 Å². The predicted octanol–water partition coefficient (Wildman–Crippen LogP) is 1.54. The number of hydrogen-bond acceptors (Lipinski definition) is 4. The van der Waals surface area contributed by atoms with Crippen molar-refractivity contribution in [1.82, 2.24) is 10.2 Å². The van der Waals surface area contributed by atoms with Crippen molar-refractivity contribution in [2.45, 2.75) is 37.1 Å². The molecule has 1 atom stereocenters. The van der Waals surface area contributed by atoms with Gasteiger partial charge < -0.3 is 10.4 Å². The van der Waals surface area contributed by atoms with Crippen LogP contribution in [0.15, 0.2) is 30.3 Å². The van der Waals surface area contributed by atoms with Crippen molar-refractivity contribution >= 4 is 24.5 Å². The summed E-state index contributed by atoms with van der Waals surface area (Å²) in [6.07, 6.45) is 1.25. The van der Waals surface area contributed by atoms with E-state index < -0.39 is 16.8 Å². The number of nitrogens with zero attached hydrogens (tertiary/aromatic N) is 1. The molecule has 0 radical (unpaired) electrons. The van der Waals surface area contributed by atoms with E-state index in [0.29, 0.717) is 12.8 Å². The maximum atomic E-state index is 11.4. The standard InChI is InChI=1S/C16H22N2O3S/c1-12(19)17-14(15(20)21)16(22)7-9-18(10-8-16)11-13-5-3-2-4-6-13/h2-6,14,22H,7-11H2,1H3,(H,17,19)(H,20,21)/t14-/m0/s1. The lowest BCUT2D eigenvalue weighted by molar-refractivity contribution is -0.143. The number of carbonyl (C=O) groups is 2. The number of thiol groups is 1. The molecule has 1 saturated heterocycles. The molecule has 1 aliphatic rings. The van der Waals surface area contributed by atoms with E-state index in [2.05, 4.69) is 35.0 Å². The quantitative estimate of drug-likeness (QED) is 0.719. The first-order valence-corrected chi connectivity index (χ1v) is 7.84. The summed E-state index contributed by atoms with van der Waals surface area (Å²) in [4.78, 5) is 25.0. The average Bonchev–Trinajstić information content (AvgIpc) is 2.48. The molecule has 1 fully saturated rings. The van der Waals surface area contributed by atoms with E-state index in [4.69, 9.17) is 0 Å². The molecule has 1 aliphatic heterocycles. The van der Waals surface area contributed by atoms with Gasteiger partial charge in [0, 0.05) is 18.2 Å². The summed E-state index contributed by atoms with van der Waals surface area (Å²) in [5, 5.41) is 11.9. The fraction of sp³-hybridized carbons (Fsp3) is 0.500. The molecule has 5 nitrogen and oxygen atoms in total. The Kier molecular flexibility index (Phi) is 5.47. The first-order valence-electron chi connectivity index (χ1n) is 7.39. The monoisotopic (exact) mass is 322 g/mol. The molecular weight excluding hydrogens is 300 g/mol. The van der Waals surface area contributed by atoms with Gasteiger partial charge in [-0.15, -0.1) is 0 Å². The van der Waals surface area contributed by atoms with Gasteiger partial charge in [0.15, 0.2) is 0 Å². The molecule has 0 unspecified atom stereocenters. The molecule has 0 aromatic heterocycles. The minimum Gasteiger partial charge on any atom is -0.480 e. The Morgan fingerprint density at radius 3 is 2.41 bits per heavy atom. The Morgan fingerprint density at radius 1 is 1.32 bits per heavy atom. The highest BCUT2D eigenvalue weighted by Crippen LogP contribution is 2.33. The number of piperidine rings is 1. The van der Waals surface area contributed by atoms with Gasteiger partial charge in [-0.25, -0.2) is 4.79 Å². The summed E-state index contributed by atoms with van der Waals surface area (Å²) in [7, 11) is 0. The van der Waals surface area contributed by atoms with Gasteiger partial charge in [0.1, 0.15) is 6.04 Å². The van der Waals surface area contributed by atoms with Crippen LogP contribution < -0.4 is 5.32 Å². The Bertz CT molecular complexity index is 527. The number of carbonyl (C=O) groups excluding carboxylic acids is 1. The van der Waals surface area contributed by atoms with Gasteiger partial charge in [-0.2, -0.15) is 12.6 Å². The van der Waals surface area contributed by atoms with Gasteiger partial charge in [0.2, 0.25) is 5.91 Å². The van der Waals surface area contributed by atoms with Crippen molar-refractivity contribution < 1.29 is 14.7 Å². The number of carboxylic acids is 1. The summed E-state index contributed by atoms with van der Waals surface area (Å²) >= 11 is 4.60. The molecule has 2 N–H and O–H groups in total. The van der Waals surface area contributed by atoms with Crippen molar-refractivity contribution in [2.24, 2.45) is 0 Å². The van der Waals surface area contributed by atoms with Crippen molar-refractivity contribution in [1.29, 1.82) is 0 Å². The number of hydrogen-bond donors (Lipinski definition) is 3. The van der Waals surface area contributed by atoms with E-state index in [0.717, 1.165) is 19.6 Å². The maximum absolute atomic E-state index is 11.4. The maximum Gasteiger partial charge on any atom is 0.327 e. The number of rotatable bonds is 5. The van der Waals surface area contributed by atoms with Crippen molar-refractivity contribution in [3.8, 4) is 0 Å². The highest BCUT2D eigenvalue weighted by molar-refractivity contribution is 7.82. The lowest BCUT2D eigenvalue weighted by atomic mass is 9.87. The molecule has 1 amide bonds. The molecular formula is C16H22N2O3S. The van der Waals surface area contributed by atoms with Crippen molar-refractivity contribution in [3.63, 3.8) is 0 Å². The van der Waals surface area contributed by atoms with E-state index in [9.17, 15) is 14.7 Å². The number of benzene rings is 1. The highest BCUT2D eigenvalue weighted by Gasteiger charge is 2.43. The van der Waals surface area contributed by atoms with Crippen LogP contribution in [0.4, 0.5) is 0 Å². The van der Waals surface area contributed by atoms with Crippen LogP contribution in [0.3, 0.4) is 0 Å². The number of aliphatic carboxylic acids is 1. The zero-order valence-corrected chi connectivity index (χ0v) is 13.6. The Labute approximate surface area is 136 Å². The normalized spacial score (nSPS) is 19.4. The van der Waals surface area contributed by atoms with Gasteiger partial charge in [-0.1, -0.05) is 30.3 Å². The van der Waals surface area contributed by atoms with Crippen LogP contribution in [0.2, 0.25) is 0 Å². The molecule has 0 aliphatic carbocycles. The predicted molar refractivity (Wildman–Crippen MR) is 87.9 cm³/mol. The van der Waals surface area contributed by atoms with Crippen LogP contribution in [-0.2, 0) is 16.1 Å². The molecule has 2 rings (SSSR count). The van der Waals surface area contributed by atoms with E-state index >= 15 is 0 Å². The van der Waals surface area contributed by atoms with Crippen LogP contribution in [-0.4, -0.2) is 45.8 Å². The van der Waals surface area contributed by atoms with Crippen molar-refractivity contribution in [3.05, 3.63) is 35.9 Å². The van der Waals surface area contributed by atoms with Crippen LogP contribution >= 0.6 is 12.6 Å². The minimum absolute atomic E-state index is 0.340. The number of likely N-dealkylation sites (tertiary alicyclic amines) is 1. The molecule has 0 spiro atoms. The smallest absolute Gasteiger partial charge is 0.327 e. The van der Waals surface area contributed by atoms with E-state index in [-0.39, 0.29) is 5.91 Å². The fourth-order valence-corrected chi connectivity index (χ4v) is 3.23. The molecule has 6 heteroatoms. The molecule has 120 valence electrons. The van der Waals surface area contributed by atoms with Gasteiger partial charge in [0.05, 0.1) is 0 Å². The lowest BCUT2D eigenvalue weighted by Crippen LogP contribution is -2.57. The lowest BCUT2D eigenvalue weighted by Gasteiger charge is -2.41. The molecule has 1 aromatic rings. The largest absolute Gasteiger partial charge is 0.480 e. The molecule has 1 aromatic carbocycles. The Balaban J connectivity index is 1.97. The van der Waals surface area contributed by atoms with Gasteiger partial charge >= 0.3 is 5.97 Å². The number of amides is 1. The van der Waals surface area contributed by atoms with Crippen molar-refractivity contribution in [2.75, 3.05) is 13.1 Å². The fourth-order valence-electron chi connectivity index (χ4n) is 2.86. The van der Waals surface area contributed by atoms with Gasteiger partial charge in [-0.05, 0) is 31.5 Å². The third-order valence-corrected chi connectivity index (χ3v) is 4.81. The van der Waals surface area contributed by atoms with Crippen LogP contribution in [0.25, 0.3) is 0 Å². The number of carboxylic acid groups (broad SMARTS) is 1. The highest BCUT2D eigenvalue weighted by atomic mass is 32.1. The second-order valence-corrected chi connectivity index (χ2v) is 6.73. The second-order valence-electron chi connectivity index (χ2n) is 5.84. The number of nitrogens with one attached hydrogen (secondary N) is 1. The molecule has 0 saturated carbocycles. The Hall–Kier alpha value is -1.53.